The monoisotopic (exact) mass is 411 g/mol. The molecule has 0 saturated heterocycles. The number of hydrogen-bond acceptors (Lipinski definition) is 5. The summed E-state index contributed by atoms with van der Waals surface area (Å²) in [5, 5.41) is 11.4. The number of nitrogens with two attached hydrogens (primary N) is 1. The van der Waals surface area contributed by atoms with Crippen molar-refractivity contribution in [3.05, 3.63) is 52.8 Å². The molecule has 1 aliphatic rings. The van der Waals surface area contributed by atoms with Gasteiger partial charge in [0.25, 0.3) is 0 Å². The topological polar surface area (TPSA) is 114 Å². The molecule has 0 aliphatic carbocycles. The van der Waals surface area contributed by atoms with Crippen molar-refractivity contribution in [2.75, 3.05) is 0 Å². The molecule has 0 radical (unpaired) electrons. The second-order valence-corrected chi connectivity index (χ2v) is 8.02. The second kappa shape index (κ2) is 8.03. The van der Waals surface area contributed by atoms with E-state index in [1.54, 1.807) is 39.0 Å². The fourth-order valence-electron chi connectivity index (χ4n) is 3.18. The fraction of sp³-hybridized carbons (Fsp3) is 0.318. The minimum atomic E-state index is -1.15. The highest BCUT2D eigenvalue weighted by molar-refractivity contribution is 5.85. The Bertz CT molecular complexity index is 1050. The number of ether oxygens (including phenoxy) is 2. The second-order valence-electron chi connectivity index (χ2n) is 8.02. The van der Waals surface area contributed by atoms with Gasteiger partial charge in [-0.15, -0.1) is 0 Å². The summed E-state index contributed by atoms with van der Waals surface area (Å²) < 4.78 is 25.7. The Morgan fingerprint density at radius 2 is 2.03 bits per heavy atom. The summed E-state index contributed by atoms with van der Waals surface area (Å²) in [5.41, 5.74) is 7.42. The highest BCUT2D eigenvalue weighted by Gasteiger charge is 2.26. The van der Waals surface area contributed by atoms with Crippen LogP contribution in [0.5, 0.6) is 5.75 Å². The van der Waals surface area contributed by atoms with Gasteiger partial charge in [0.15, 0.2) is 0 Å². The van der Waals surface area contributed by atoms with Gasteiger partial charge in [-0.3, -0.25) is 4.79 Å². The fourth-order valence-corrected chi connectivity index (χ4v) is 3.18. The Kier molecular flexibility index (Phi) is 5.65. The highest BCUT2D eigenvalue weighted by atomic mass is 19.1. The van der Waals surface area contributed by atoms with Gasteiger partial charge >= 0.3 is 6.09 Å². The van der Waals surface area contributed by atoms with Crippen LogP contribution in [0.25, 0.3) is 11.1 Å². The third-order valence-corrected chi connectivity index (χ3v) is 4.51. The Hall–Kier alpha value is -3.60. The molecule has 1 atom stereocenters. The molecule has 8 heteroatoms. The van der Waals surface area contributed by atoms with Gasteiger partial charge in [0.2, 0.25) is 5.91 Å². The Balaban J connectivity index is 1.86. The lowest BCUT2D eigenvalue weighted by atomic mass is 9.93. The summed E-state index contributed by atoms with van der Waals surface area (Å²) in [6, 6.07) is 8.85. The zero-order chi connectivity index (χ0) is 22.1. The van der Waals surface area contributed by atoms with Crippen molar-refractivity contribution in [3.63, 3.8) is 0 Å². The van der Waals surface area contributed by atoms with E-state index in [4.69, 9.17) is 20.5 Å². The van der Waals surface area contributed by atoms with E-state index in [2.05, 4.69) is 11.4 Å². The first-order chi connectivity index (χ1) is 14.1. The number of rotatable bonds is 4. The van der Waals surface area contributed by atoms with Gasteiger partial charge in [0, 0.05) is 12.0 Å². The first-order valence-corrected chi connectivity index (χ1v) is 9.35. The molecule has 156 valence electrons. The lowest BCUT2D eigenvalue weighted by molar-refractivity contribution is -0.120. The van der Waals surface area contributed by atoms with E-state index in [1.807, 2.05) is 0 Å². The summed E-state index contributed by atoms with van der Waals surface area (Å²) in [5.74, 6) is -0.927. The molecular weight excluding hydrogens is 389 g/mol. The average Bonchev–Trinajstić information content (AvgIpc) is 2.65. The number of fused-ring (bicyclic) bond motifs is 3. The normalized spacial score (nSPS) is 13.2. The van der Waals surface area contributed by atoms with E-state index in [-0.39, 0.29) is 18.6 Å². The maximum absolute atomic E-state index is 14.8. The van der Waals surface area contributed by atoms with Gasteiger partial charge in [0.05, 0.1) is 11.6 Å². The minimum Gasteiger partial charge on any atom is -0.488 e. The quantitative estimate of drug-likeness (QED) is 0.802. The highest BCUT2D eigenvalue weighted by Crippen LogP contribution is 2.39. The molecule has 0 saturated carbocycles. The molecule has 3 rings (SSSR count). The summed E-state index contributed by atoms with van der Waals surface area (Å²) in [4.78, 5) is 23.8. The van der Waals surface area contributed by atoms with Crippen molar-refractivity contribution in [2.45, 2.75) is 45.4 Å². The maximum atomic E-state index is 14.8. The summed E-state index contributed by atoms with van der Waals surface area (Å²) in [7, 11) is 0. The number of carbonyl (C=O) groups excluding carboxylic acids is 2. The molecule has 1 aliphatic heterocycles. The van der Waals surface area contributed by atoms with Gasteiger partial charge in [0.1, 0.15) is 29.8 Å². The minimum absolute atomic E-state index is 0.155. The Morgan fingerprint density at radius 1 is 1.30 bits per heavy atom. The number of carbonyl (C=O) groups is 2. The number of alkyl carbamates (subject to hydrolysis) is 1. The van der Waals surface area contributed by atoms with Crippen LogP contribution in [0.1, 0.15) is 37.5 Å². The number of nitriles is 1. The van der Waals surface area contributed by atoms with E-state index in [0.29, 0.717) is 16.9 Å². The van der Waals surface area contributed by atoms with Gasteiger partial charge in [-0.25, -0.2) is 9.18 Å². The number of nitrogens with zero attached hydrogens (tertiary/aromatic N) is 1. The van der Waals surface area contributed by atoms with E-state index in [1.165, 1.54) is 12.1 Å². The Labute approximate surface area is 173 Å². The smallest absolute Gasteiger partial charge is 0.408 e. The van der Waals surface area contributed by atoms with E-state index in [0.717, 1.165) is 11.1 Å². The molecule has 3 N–H and O–H groups in total. The maximum Gasteiger partial charge on any atom is 0.408 e. The number of amides is 2. The molecule has 2 aromatic rings. The molecule has 1 heterocycles. The van der Waals surface area contributed by atoms with Crippen molar-refractivity contribution in [1.82, 2.24) is 5.32 Å². The van der Waals surface area contributed by atoms with Crippen LogP contribution in [-0.2, 0) is 22.6 Å². The zero-order valence-electron chi connectivity index (χ0n) is 16.9. The van der Waals surface area contributed by atoms with E-state index in [9.17, 15) is 14.0 Å². The molecule has 0 fully saturated rings. The van der Waals surface area contributed by atoms with E-state index < -0.39 is 29.5 Å². The number of benzene rings is 2. The number of primary amides is 1. The zero-order valence-corrected chi connectivity index (χ0v) is 16.9. The van der Waals surface area contributed by atoms with Crippen LogP contribution in [0.3, 0.4) is 0 Å². The van der Waals surface area contributed by atoms with Crippen LogP contribution < -0.4 is 15.8 Å². The van der Waals surface area contributed by atoms with Gasteiger partial charge in [-0.05, 0) is 61.7 Å². The predicted octanol–water partition coefficient (Wildman–Crippen LogP) is 3.18. The first-order valence-electron chi connectivity index (χ1n) is 9.35. The average molecular weight is 411 g/mol. The standard InChI is InChI=1S/C22H22FN3O4/c1-22(2,3)30-21(28)26-18(20(25)27)7-13-8-19-16(9-17(13)23)15-5-4-12(10-24)6-14(15)11-29-19/h4-6,8-9,18H,7,11H2,1-3H3,(H2,25,27)(H,26,28)/t18-/m0/s1. The molecule has 7 nitrogen and oxygen atoms in total. The van der Waals surface area contributed by atoms with Crippen molar-refractivity contribution >= 4 is 12.0 Å². The summed E-state index contributed by atoms with van der Waals surface area (Å²) >= 11 is 0. The van der Waals surface area contributed by atoms with Crippen LogP contribution >= 0.6 is 0 Å². The molecule has 2 aromatic carbocycles. The third-order valence-electron chi connectivity index (χ3n) is 4.51. The van der Waals surface area contributed by atoms with Gasteiger partial charge < -0.3 is 20.5 Å². The number of nitrogens with one attached hydrogen (secondary N) is 1. The van der Waals surface area contributed by atoms with Crippen molar-refractivity contribution < 1.29 is 23.5 Å². The molecular formula is C22H22FN3O4. The van der Waals surface area contributed by atoms with Crippen molar-refractivity contribution in [2.24, 2.45) is 5.73 Å². The summed E-state index contributed by atoms with van der Waals surface area (Å²) in [6.07, 6.45) is -0.972. The van der Waals surface area contributed by atoms with Gasteiger partial charge in [-0.1, -0.05) is 6.07 Å². The molecule has 0 spiro atoms. The van der Waals surface area contributed by atoms with Crippen molar-refractivity contribution in [3.8, 4) is 22.9 Å². The molecule has 0 aromatic heterocycles. The molecule has 0 unspecified atom stereocenters. The first kappa shape index (κ1) is 21.1. The van der Waals surface area contributed by atoms with Crippen LogP contribution in [-0.4, -0.2) is 23.6 Å². The van der Waals surface area contributed by atoms with E-state index >= 15 is 0 Å². The van der Waals surface area contributed by atoms with Gasteiger partial charge in [-0.2, -0.15) is 5.26 Å². The van der Waals surface area contributed by atoms with Crippen LogP contribution in [0.2, 0.25) is 0 Å². The molecule has 2 amide bonds. The SMILES string of the molecule is CC(C)(C)OC(=O)N[C@@H](Cc1cc2c(cc1F)-c1ccc(C#N)cc1CO2)C(N)=O. The molecule has 0 bridgehead atoms. The predicted molar refractivity (Wildman–Crippen MR) is 107 cm³/mol. The van der Waals surface area contributed by atoms with Crippen LogP contribution in [0.15, 0.2) is 30.3 Å². The van der Waals surface area contributed by atoms with Crippen molar-refractivity contribution in [1.29, 1.82) is 5.26 Å². The van der Waals surface area contributed by atoms with Crippen LogP contribution in [0, 0.1) is 17.1 Å². The largest absolute Gasteiger partial charge is 0.488 e. The molecule has 30 heavy (non-hydrogen) atoms. The summed E-state index contributed by atoms with van der Waals surface area (Å²) in [6.45, 7) is 5.29. The van der Waals surface area contributed by atoms with Crippen LogP contribution in [0.4, 0.5) is 9.18 Å². The third kappa shape index (κ3) is 4.69. The lowest BCUT2D eigenvalue weighted by Crippen LogP contribution is -2.47. The number of halogens is 1. The Morgan fingerprint density at radius 3 is 2.67 bits per heavy atom. The lowest BCUT2D eigenvalue weighted by Gasteiger charge is -2.24. The number of hydrogen-bond donors (Lipinski definition) is 2.